The lowest BCUT2D eigenvalue weighted by Crippen LogP contribution is -2.31. The Hall–Kier alpha value is -3.93. The second kappa shape index (κ2) is 8.67. The number of H-pyrrole nitrogens is 1. The number of rotatable bonds is 6. The first kappa shape index (κ1) is 20.0. The summed E-state index contributed by atoms with van der Waals surface area (Å²) in [6, 6.07) is 24.8. The SMILES string of the molecule is O=C(NC(Cc1ccccc1)c1nc2ccccc2[nH]1)c1cccc(N2CCCC2=O)c1. The normalized spacial score (nSPS) is 14.6. The van der Waals surface area contributed by atoms with E-state index in [0.717, 1.165) is 28.7 Å². The van der Waals surface area contributed by atoms with Crippen molar-refractivity contribution in [2.75, 3.05) is 11.4 Å². The van der Waals surface area contributed by atoms with Gasteiger partial charge in [0.1, 0.15) is 5.82 Å². The van der Waals surface area contributed by atoms with E-state index < -0.39 is 0 Å². The fourth-order valence-corrected chi connectivity index (χ4v) is 4.18. The van der Waals surface area contributed by atoms with E-state index in [1.165, 1.54) is 0 Å². The molecule has 0 aliphatic carbocycles. The Morgan fingerprint density at radius 3 is 2.62 bits per heavy atom. The van der Waals surface area contributed by atoms with Gasteiger partial charge in [0, 0.05) is 24.2 Å². The molecule has 6 nitrogen and oxygen atoms in total. The molecule has 2 amide bonds. The number of hydrogen-bond donors (Lipinski definition) is 2. The Kier molecular flexibility index (Phi) is 5.42. The molecule has 0 saturated carbocycles. The Balaban J connectivity index is 1.43. The standard InChI is InChI=1S/C26H24N4O2/c31-24-14-7-15-30(24)20-11-6-10-19(17-20)26(32)29-23(16-18-8-2-1-3-9-18)25-27-21-12-4-5-13-22(21)28-25/h1-6,8-13,17,23H,7,14-16H2,(H,27,28)(H,29,32). The van der Waals surface area contributed by atoms with Crippen molar-refractivity contribution in [1.82, 2.24) is 15.3 Å². The van der Waals surface area contributed by atoms with E-state index in [-0.39, 0.29) is 17.9 Å². The molecule has 0 bridgehead atoms. The molecule has 1 saturated heterocycles. The Morgan fingerprint density at radius 1 is 1.03 bits per heavy atom. The van der Waals surface area contributed by atoms with Crippen LogP contribution in [0.2, 0.25) is 0 Å². The number of nitrogens with one attached hydrogen (secondary N) is 2. The van der Waals surface area contributed by atoms with Gasteiger partial charge in [0.05, 0.1) is 17.1 Å². The summed E-state index contributed by atoms with van der Waals surface area (Å²) in [7, 11) is 0. The van der Waals surface area contributed by atoms with Gasteiger partial charge < -0.3 is 15.2 Å². The van der Waals surface area contributed by atoms with Gasteiger partial charge in [-0.1, -0.05) is 48.5 Å². The van der Waals surface area contributed by atoms with Crippen molar-refractivity contribution in [2.45, 2.75) is 25.3 Å². The maximum absolute atomic E-state index is 13.2. The molecule has 160 valence electrons. The van der Waals surface area contributed by atoms with Gasteiger partial charge in [-0.2, -0.15) is 0 Å². The summed E-state index contributed by atoms with van der Waals surface area (Å²) < 4.78 is 0. The number of para-hydroxylation sites is 2. The highest BCUT2D eigenvalue weighted by Gasteiger charge is 2.24. The van der Waals surface area contributed by atoms with E-state index in [4.69, 9.17) is 4.98 Å². The molecule has 6 heteroatoms. The van der Waals surface area contributed by atoms with Crippen LogP contribution in [0.3, 0.4) is 0 Å². The molecular formula is C26H24N4O2. The van der Waals surface area contributed by atoms with Crippen LogP contribution in [0, 0.1) is 0 Å². The van der Waals surface area contributed by atoms with Gasteiger partial charge in [-0.15, -0.1) is 0 Å². The summed E-state index contributed by atoms with van der Waals surface area (Å²) in [6.07, 6.45) is 2.01. The molecule has 3 aromatic carbocycles. The van der Waals surface area contributed by atoms with Gasteiger partial charge in [-0.3, -0.25) is 9.59 Å². The lowest BCUT2D eigenvalue weighted by molar-refractivity contribution is -0.117. The second-order valence-corrected chi connectivity index (χ2v) is 8.05. The molecular weight excluding hydrogens is 400 g/mol. The molecule has 0 spiro atoms. The topological polar surface area (TPSA) is 78.1 Å². The van der Waals surface area contributed by atoms with Crippen LogP contribution in [-0.2, 0) is 11.2 Å². The summed E-state index contributed by atoms with van der Waals surface area (Å²) in [4.78, 5) is 35.2. The van der Waals surface area contributed by atoms with Gasteiger partial charge in [0.15, 0.2) is 0 Å². The van der Waals surface area contributed by atoms with E-state index >= 15 is 0 Å². The predicted octanol–water partition coefficient (Wildman–Crippen LogP) is 4.40. The van der Waals surface area contributed by atoms with Crippen molar-refractivity contribution in [3.63, 3.8) is 0 Å². The highest BCUT2D eigenvalue weighted by atomic mass is 16.2. The fourth-order valence-electron chi connectivity index (χ4n) is 4.18. The number of anilines is 1. The van der Waals surface area contributed by atoms with E-state index in [1.54, 1.807) is 17.0 Å². The van der Waals surface area contributed by atoms with Crippen molar-refractivity contribution in [3.8, 4) is 0 Å². The average molecular weight is 425 g/mol. The van der Waals surface area contributed by atoms with E-state index in [9.17, 15) is 9.59 Å². The molecule has 1 unspecified atom stereocenters. The summed E-state index contributed by atoms with van der Waals surface area (Å²) in [5.74, 6) is 0.626. The summed E-state index contributed by atoms with van der Waals surface area (Å²) in [5.41, 5.74) is 4.20. The Morgan fingerprint density at radius 2 is 1.84 bits per heavy atom. The minimum atomic E-state index is -0.325. The number of hydrogen-bond acceptors (Lipinski definition) is 3. The lowest BCUT2D eigenvalue weighted by atomic mass is 10.0. The van der Waals surface area contributed by atoms with Gasteiger partial charge in [0.25, 0.3) is 5.91 Å². The average Bonchev–Trinajstić information content (AvgIpc) is 3.45. The number of carbonyl (C=O) groups excluding carboxylic acids is 2. The number of aromatic nitrogens is 2. The molecule has 1 fully saturated rings. The Labute approximate surface area is 186 Å². The first-order valence-electron chi connectivity index (χ1n) is 10.9. The second-order valence-electron chi connectivity index (χ2n) is 8.05. The zero-order chi connectivity index (χ0) is 21.9. The summed E-state index contributed by atoms with van der Waals surface area (Å²) in [5, 5.41) is 3.15. The minimum Gasteiger partial charge on any atom is -0.342 e. The molecule has 1 aliphatic rings. The molecule has 32 heavy (non-hydrogen) atoms. The first-order chi connectivity index (χ1) is 15.7. The Bertz CT molecular complexity index is 1230. The molecule has 1 aromatic heterocycles. The highest BCUT2D eigenvalue weighted by molar-refractivity contribution is 5.99. The summed E-state index contributed by atoms with van der Waals surface area (Å²) in [6.45, 7) is 0.694. The molecule has 1 aliphatic heterocycles. The molecule has 4 aromatic rings. The molecule has 1 atom stereocenters. The van der Waals surface area contributed by atoms with Crippen molar-refractivity contribution < 1.29 is 9.59 Å². The molecule has 2 heterocycles. The third-order valence-electron chi connectivity index (χ3n) is 5.82. The molecule has 2 N–H and O–H groups in total. The van der Waals surface area contributed by atoms with Crippen molar-refractivity contribution in [1.29, 1.82) is 0 Å². The highest BCUT2D eigenvalue weighted by Crippen LogP contribution is 2.24. The van der Waals surface area contributed by atoms with Crippen LogP contribution in [0.25, 0.3) is 11.0 Å². The third-order valence-corrected chi connectivity index (χ3v) is 5.82. The summed E-state index contributed by atoms with van der Waals surface area (Å²) >= 11 is 0. The minimum absolute atomic E-state index is 0.104. The quantitative estimate of drug-likeness (QED) is 0.481. The molecule has 5 rings (SSSR count). The number of aromatic amines is 1. The predicted molar refractivity (Wildman–Crippen MR) is 124 cm³/mol. The molecule has 0 radical (unpaired) electrons. The van der Waals surface area contributed by atoms with Crippen LogP contribution in [0.15, 0.2) is 78.9 Å². The fraction of sp³-hybridized carbons (Fsp3) is 0.192. The van der Waals surface area contributed by atoms with Crippen LogP contribution in [0.1, 0.15) is 40.6 Å². The number of nitrogens with zero attached hydrogens (tertiary/aromatic N) is 2. The zero-order valence-electron chi connectivity index (χ0n) is 17.6. The van der Waals surface area contributed by atoms with Crippen LogP contribution in [-0.4, -0.2) is 28.3 Å². The smallest absolute Gasteiger partial charge is 0.251 e. The lowest BCUT2D eigenvalue weighted by Gasteiger charge is -2.19. The van der Waals surface area contributed by atoms with Crippen LogP contribution < -0.4 is 10.2 Å². The third kappa shape index (κ3) is 4.12. The maximum atomic E-state index is 13.2. The van der Waals surface area contributed by atoms with E-state index in [0.29, 0.717) is 30.8 Å². The first-order valence-corrected chi connectivity index (χ1v) is 10.9. The van der Waals surface area contributed by atoms with Crippen LogP contribution in [0.5, 0.6) is 0 Å². The van der Waals surface area contributed by atoms with E-state index in [2.05, 4.69) is 10.3 Å². The monoisotopic (exact) mass is 424 g/mol. The van der Waals surface area contributed by atoms with Gasteiger partial charge in [-0.05, 0) is 48.7 Å². The number of carbonyl (C=O) groups is 2. The van der Waals surface area contributed by atoms with Gasteiger partial charge >= 0.3 is 0 Å². The van der Waals surface area contributed by atoms with Crippen molar-refractivity contribution in [3.05, 3.63) is 95.8 Å². The van der Waals surface area contributed by atoms with E-state index in [1.807, 2.05) is 66.7 Å². The number of amides is 2. The maximum Gasteiger partial charge on any atom is 0.251 e. The van der Waals surface area contributed by atoms with Gasteiger partial charge in [-0.25, -0.2) is 4.98 Å². The largest absolute Gasteiger partial charge is 0.342 e. The number of imidazole rings is 1. The van der Waals surface area contributed by atoms with Gasteiger partial charge in [0.2, 0.25) is 5.91 Å². The van der Waals surface area contributed by atoms with Crippen LogP contribution in [0.4, 0.5) is 5.69 Å². The zero-order valence-corrected chi connectivity index (χ0v) is 17.6. The number of fused-ring (bicyclic) bond motifs is 1. The number of benzene rings is 3. The van der Waals surface area contributed by atoms with Crippen LogP contribution >= 0.6 is 0 Å². The van der Waals surface area contributed by atoms with Crippen molar-refractivity contribution >= 4 is 28.5 Å². The van der Waals surface area contributed by atoms with Crippen molar-refractivity contribution in [2.24, 2.45) is 0 Å².